The molecule has 0 aromatic heterocycles. The number of fused-ring (bicyclic) bond motifs is 2. The molecule has 2 aliphatic heterocycles. The van der Waals surface area contributed by atoms with Gasteiger partial charge in [0.05, 0.1) is 17.8 Å². The minimum absolute atomic E-state index is 0.700. The van der Waals surface area contributed by atoms with Crippen LogP contribution < -0.4 is 4.90 Å². The summed E-state index contributed by atoms with van der Waals surface area (Å²) in [5.41, 5.74) is 4.09. The molecule has 3 aliphatic rings. The van der Waals surface area contributed by atoms with E-state index in [4.69, 9.17) is 0 Å². The predicted molar refractivity (Wildman–Crippen MR) is 70.8 cm³/mol. The number of anilines is 1. The van der Waals surface area contributed by atoms with Crippen molar-refractivity contribution in [3.05, 3.63) is 29.3 Å². The van der Waals surface area contributed by atoms with Crippen LogP contribution in [0.1, 0.15) is 36.3 Å². The maximum absolute atomic E-state index is 9.81. The molecule has 3 heteroatoms. The summed E-state index contributed by atoms with van der Waals surface area (Å²) in [4.78, 5) is 2.49. The standard InChI is InChI=1S/C15H19N2O/c18-17-8-7-16-9-11-3-1-5-13(11)14-6-2-4-12(10-17)15(14)16/h2,4,6,10-11,13,18H,1,3,5,7-9H2/q+1/t11-,13-/m0/s1. The Balaban J connectivity index is 1.91. The van der Waals surface area contributed by atoms with E-state index in [1.54, 1.807) is 0 Å². The number of para-hydroxylation sites is 1. The van der Waals surface area contributed by atoms with Crippen molar-refractivity contribution in [2.45, 2.75) is 25.2 Å². The van der Waals surface area contributed by atoms with E-state index >= 15 is 0 Å². The van der Waals surface area contributed by atoms with Gasteiger partial charge in [-0.3, -0.25) is 5.21 Å². The SMILES string of the molecule is O[N+]1=Cc2cccc3c2N(CC1)C[C@@H]1CCC[C@H]31. The van der Waals surface area contributed by atoms with Crippen LogP contribution in [0.25, 0.3) is 0 Å². The lowest BCUT2D eigenvalue weighted by Crippen LogP contribution is -2.38. The fourth-order valence-corrected chi connectivity index (χ4v) is 4.04. The minimum atomic E-state index is 0.700. The highest BCUT2D eigenvalue weighted by atomic mass is 16.5. The lowest BCUT2D eigenvalue weighted by molar-refractivity contribution is -0.769. The maximum atomic E-state index is 9.81. The normalized spacial score (nSPS) is 29.3. The Morgan fingerprint density at radius 1 is 1.28 bits per heavy atom. The van der Waals surface area contributed by atoms with Crippen LogP contribution >= 0.6 is 0 Å². The molecule has 1 saturated carbocycles. The van der Waals surface area contributed by atoms with Crippen LogP contribution in [-0.2, 0) is 0 Å². The molecule has 18 heavy (non-hydrogen) atoms. The number of hydroxylamine groups is 1. The Morgan fingerprint density at radius 2 is 2.22 bits per heavy atom. The molecule has 4 rings (SSSR count). The van der Waals surface area contributed by atoms with Gasteiger partial charge in [0.25, 0.3) is 0 Å². The summed E-state index contributed by atoms with van der Waals surface area (Å²) >= 11 is 0. The van der Waals surface area contributed by atoms with Crippen LogP contribution in [0.5, 0.6) is 0 Å². The van der Waals surface area contributed by atoms with E-state index in [9.17, 15) is 5.21 Å². The van der Waals surface area contributed by atoms with Gasteiger partial charge in [0.15, 0.2) is 0 Å². The topological polar surface area (TPSA) is 26.5 Å². The van der Waals surface area contributed by atoms with Crippen molar-refractivity contribution in [2.24, 2.45) is 5.92 Å². The number of hydrogen-bond acceptors (Lipinski definition) is 2. The summed E-state index contributed by atoms with van der Waals surface area (Å²) in [6.07, 6.45) is 5.98. The molecule has 1 fully saturated rings. The predicted octanol–water partition coefficient (Wildman–Crippen LogP) is 2.22. The van der Waals surface area contributed by atoms with Crippen LogP contribution in [-0.4, -0.2) is 35.8 Å². The first-order chi connectivity index (χ1) is 8.83. The van der Waals surface area contributed by atoms with Gasteiger partial charge < -0.3 is 4.90 Å². The summed E-state index contributed by atoms with van der Waals surface area (Å²) in [5, 5.41) is 9.81. The van der Waals surface area contributed by atoms with Crippen LogP contribution in [0.15, 0.2) is 18.2 Å². The van der Waals surface area contributed by atoms with Gasteiger partial charge in [-0.05, 0) is 41.0 Å². The van der Waals surface area contributed by atoms with Crippen LogP contribution in [0, 0.1) is 5.92 Å². The van der Waals surface area contributed by atoms with Crippen molar-refractivity contribution >= 4 is 11.9 Å². The summed E-state index contributed by atoms with van der Waals surface area (Å²) in [6.45, 7) is 2.81. The van der Waals surface area contributed by atoms with E-state index in [2.05, 4.69) is 23.1 Å². The number of benzene rings is 1. The zero-order valence-corrected chi connectivity index (χ0v) is 10.5. The van der Waals surface area contributed by atoms with E-state index in [0.717, 1.165) is 18.4 Å². The van der Waals surface area contributed by atoms with E-state index in [-0.39, 0.29) is 0 Å². The van der Waals surface area contributed by atoms with Gasteiger partial charge >= 0.3 is 0 Å². The van der Waals surface area contributed by atoms with Gasteiger partial charge in [-0.2, -0.15) is 0 Å². The molecule has 0 saturated heterocycles. The van der Waals surface area contributed by atoms with E-state index in [0.29, 0.717) is 6.54 Å². The fraction of sp³-hybridized carbons (Fsp3) is 0.533. The van der Waals surface area contributed by atoms with Crippen molar-refractivity contribution in [1.82, 2.24) is 0 Å². The summed E-state index contributed by atoms with van der Waals surface area (Å²) in [5.74, 6) is 1.59. The second kappa shape index (κ2) is 3.74. The summed E-state index contributed by atoms with van der Waals surface area (Å²) in [7, 11) is 0. The van der Waals surface area contributed by atoms with Crippen LogP contribution in [0.4, 0.5) is 5.69 Å². The first kappa shape index (κ1) is 10.4. The van der Waals surface area contributed by atoms with Gasteiger partial charge in [0.1, 0.15) is 0 Å². The summed E-state index contributed by atoms with van der Waals surface area (Å²) in [6, 6.07) is 6.56. The Morgan fingerprint density at radius 3 is 3.17 bits per heavy atom. The zero-order chi connectivity index (χ0) is 12.1. The molecule has 94 valence electrons. The van der Waals surface area contributed by atoms with Crippen molar-refractivity contribution in [1.29, 1.82) is 0 Å². The largest absolute Gasteiger partial charge is 0.364 e. The molecular weight excluding hydrogens is 224 g/mol. The second-order valence-corrected chi connectivity index (χ2v) is 5.82. The lowest BCUT2D eigenvalue weighted by Gasteiger charge is -2.37. The van der Waals surface area contributed by atoms with Crippen molar-refractivity contribution < 1.29 is 9.95 Å². The molecule has 3 nitrogen and oxygen atoms in total. The van der Waals surface area contributed by atoms with Crippen molar-refractivity contribution in [3.8, 4) is 0 Å². The quantitative estimate of drug-likeness (QED) is 0.558. The van der Waals surface area contributed by atoms with Gasteiger partial charge in [-0.1, -0.05) is 18.6 Å². The molecule has 2 heterocycles. The lowest BCUT2D eigenvalue weighted by atomic mass is 9.82. The average Bonchev–Trinajstić information content (AvgIpc) is 2.78. The monoisotopic (exact) mass is 243 g/mol. The minimum Gasteiger partial charge on any atom is -0.364 e. The average molecular weight is 243 g/mol. The van der Waals surface area contributed by atoms with Gasteiger partial charge in [0.2, 0.25) is 12.8 Å². The molecule has 2 atom stereocenters. The molecular formula is C15H19N2O+. The molecule has 0 bridgehead atoms. The Bertz CT molecular complexity index is 523. The molecule has 1 N–H and O–H groups in total. The second-order valence-electron chi connectivity index (χ2n) is 5.82. The molecule has 1 aromatic carbocycles. The highest BCUT2D eigenvalue weighted by Crippen LogP contribution is 2.48. The molecule has 0 radical (unpaired) electrons. The van der Waals surface area contributed by atoms with Crippen LogP contribution in [0.2, 0.25) is 0 Å². The third kappa shape index (κ3) is 1.39. The third-order valence-corrected chi connectivity index (χ3v) is 4.82. The third-order valence-electron chi connectivity index (χ3n) is 4.82. The van der Waals surface area contributed by atoms with Gasteiger partial charge in [0, 0.05) is 6.54 Å². The van der Waals surface area contributed by atoms with E-state index < -0.39 is 0 Å². The first-order valence-corrected chi connectivity index (χ1v) is 7.01. The number of hydrogen-bond donors (Lipinski definition) is 1. The fourth-order valence-electron chi connectivity index (χ4n) is 4.04. The number of nitrogens with zero attached hydrogens (tertiary/aromatic N) is 2. The highest BCUT2D eigenvalue weighted by Gasteiger charge is 2.38. The molecule has 1 aromatic rings. The molecule has 0 spiro atoms. The maximum Gasteiger partial charge on any atom is 0.224 e. The van der Waals surface area contributed by atoms with Crippen molar-refractivity contribution in [2.75, 3.05) is 24.5 Å². The van der Waals surface area contributed by atoms with Crippen LogP contribution in [0.3, 0.4) is 0 Å². The van der Waals surface area contributed by atoms with E-state index in [1.165, 1.54) is 47.4 Å². The Labute approximate surface area is 107 Å². The molecule has 0 unspecified atom stereocenters. The number of rotatable bonds is 0. The highest BCUT2D eigenvalue weighted by molar-refractivity contribution is 5.87. The Hall–Kier alpha value is -1.51. The molecule has 0 amide bonds. The summed E-state index contributed by atoms with van der Waals surface area (Å²) < 4.78 is 1.34. The van der Waals surface area contributed by atoms with Crippen molar-refractivity contribution in [3.63, 3.8) is 0 Å². The smallest absolute Gasteiger partial charge is 0.224 e. The first-order valence-electron chi connectivity index (χ1n) is 7.01. The van der Waals surface area contributed by atoms with Gasteiger partial charge in [-0.25, -0.2) is 0 Å². The molecule has 1 aliphatic carbocycles. The van der Waals surface area contributed by atoms with E-state index in [1.807, 2.05) is 6.21 Å². The zero-order valence-electron chi connectivity index (χ0n) is 10.5. The van der Waals surface area contributed by atoms with Gasteiger partial charge in [-0.15, -0.1) is 0 Å². The Kier molecular flexibility index (Phi) is 2.16.